The number of carboxylic acid groups (broad SMARTS) is 1. The number of nitrogens with zero attached hydrogens (tertiary/aromatic N) is 2. The number of hydrogen-bond donors (Lipinski definition) is 3. The average molecular weight is 560 g/mol. The molecule has 0 saturated carbocycles. The Labute approximate surface area is 241 Å². The molecule has 2 aromatic rings. The molecule has 0 bridgehead atoms. The van der Waals surface area contributed by atoms with Crippen molar-refractivity contribution < 1.29 is 24.5 Å². The molecule has 226 valence electrons. The van der Waals surface area contributed by atoms with Crippen LogP contribution in [0.3, 0.4) is 0 Å². The number of phenols is 1. The van der Waals surface area contributed by atoms with Gasteiger partial charge in [0.05, 0.1) is 7.11 Å². The molecule has 1 atom stereocenters. The van der Waals surface area contributed by atoms with E-state index in [1.807, 2.05) is 19.1 Å². The number of hydrogen-bond acceptors (Lipinski definition) is 7. The molecule has 40 heavy (non-hydrogen) atoms. The summed E-state index contributed by atoms with van der Waals surface area (Å²) in [4.78, 5) is 9.60. The second-order valence-corrected chi connectivity index (χ2v) is 10.2. The van der Waals surface area contributed by atoms with Crippen LogP contribution in [0.4, 0.5) is 5.82 Å². The number of aromatic nitrogens is 2. The van der Waals surface area contributed by atoms with Crippen molar-refractivity contribution >= 4 is 11.8 Å². The fourth-order valence-corrected chi connectivity index (χ4v) is 4.57. The van der Waals surface area contributed by atoms with E-state index in [4.69, 9.17) is 14.6 Å². The lowest BCUT2D eigenvalue weighted by molar-refractivity contribution is -0.137. The first-order valence-electron chi connectivity index (χ1n) is 15.1. The van der Waals surface area contributed by atoms with E-state index in [2.05, 4.69) is 36.3 Å². The molecular formula is C32H53N3O5. The predicted molar refractivity (Wildman–Crippen MR) is 163 cm³/mol. The maximum absolute atomic E-state index is 10.7. The summed E-state index contributed by atoms with van der Waals surface area (Å²) in [6.45, 7) is 9.22. The van der Waals surface area contributed by atoms with Crippen LogP contribution in [-0.4, -0.2) is 53.2 Å². The molecule has 1 aromatic carbocycles. The Kier molecular flexibility index (Phi) is 18.4. The second kappa shape index (κ2) is 21.0. The second-order valence-electron chi connectivity index (χ2n) is 10.2. The van der Waals surface area contributed by atoms with Crippen molar-refractivity contribution in [3.8, 4) is 22.8 Å². The van der Waals surface area contributed by atoms with E-state index in [0.29, 0.717) is 30.4 Å². The van der Waals surface area contributed by atoms with Crippen molar-refractivity contribution in [1.82, 2.24) is 10.2 Å². The first-order chi connectivity index (χ1) is 19.4. The fourth-order valence-electron chi connectivity index (χ4n) is 4.57. The van der Waals surface area contributed by atoms with Gasteiger partial charge >= 0.3 is 5.97 Å². The SMILES string of the molecule is CCCC(=O)O.CCCCCCC(CC)Nc1nnc(-c2ccc(OC)cc2O)c(CCCOC)c1CCCC. The van der Waals surface area contributed by atoms with E-state index in [0.717, 1.165) is 68.4 Å². The molecule has 8 heteroatoms. The molecule has 0 amide bonds. The summed E-state index contributed by atoms with van der Waals surface area (Å²) in [5.41, 5.74) is 3.83. The van der Waals surface area contributed by atoms with Crippen molar-refractivity contribution in [2.24, 2.45) is 0 Å². The van der Waals surface area contributed by atoms with Crippen LogP contribution in [0.25, 0.3) is 11.3 Å². The molecule has 0 aliphatic heterocycles. The number of rotatable bonds is 19. The number of aliphatic carboxylic acids is 1. The van der Waals surface area contributed by atoms with Crippen LogP contribution in [0.15, 0.2) is 18.2 Å². The van der Waals surface area contributed by atoms with E-state index in [9.17, 15) is 9.90 Å². The summed E-state index contributed by atoms with van der Waals surface area (Å²) >= 11 is 0. The van der Waals surface area contributed by atoms with Crippen LogP contribution < -0.4 is 10.1 Å². The maximum Gasteiger partial charge on any atom is 0.303 e. The lowest BCUT2D eigenvalue weighted by Crippen LogP contribution is -2.22. The predicted octanol–water partition coefficient (Wildman–Crippen LogP) is 7.81. The van der Waals surface area contributed by atoms with Crippen molar-refractivity contribution in [3.63, 3.8) is 0 Å². The van der Waals surface area contributed by atoms with Crippen molar-refractivity contribution in [2.75, 3.05) is 26.1 Å². The van der Waals surface area contributed by atoms with Gasteiger partial charge in [-0.2, -0.15) is 0 Å². The van der Waals surface area contributed by atoms with Gasteiger partial charge in [0.1, 0.15) is 17.2 Å². The van der Waals surface area contributed by atoms with Crippen LogP contribution in [0, 0.1) is 0 Å². The molecule has 0 saturated heterocycles. The third-order valence-electron chi connectivity index (χ3n) is 6.91. The molecule has 0 spiro atoms. The molecular weight excluding hydrogens is 506 g/mol. The third kappa shape index (κ3) is 12.5. The normalized spacial score (nSPS) is 11.4. The number of benzene rings is 1. The molecule has 8 nitrogen and oxygen atoms in total. The average Bonchev–Trinajstić information content (AvgIpc) is 2.94. The molecule has 1 heterocycles. The molecule has 0 fully saturated rings. The van der Waals surface area contributed by atoms with Gasteiger partial charge in [-0.3, -0.25) is 4.79 Å². The number of carboxylic acids is 1. The number of methoxy groups -OCH3 is 2. The monoisotopic (exact) mass is 559 g/mol. The minimum atomic E-state index is -0.711. The lowest BCUT2D eigenvalue weighted by atomic mass is 9.94. The Bertz CT molecular complexity index is 983. The highest BCUT2D eigenvalue weighted by Crippen LogP contribution is 2.36. The van der Waals surface area contributed by atoms with Crippen LogP contribution in [0.5, 0.6) is 11.5 Å². The zero-order valence-electron chi connectivity index (χ0n) is 25.7. The van der Waals surface area contributed by atoms with Crippen LogP contribution in [0.2, 0.25) is 0 Å². The smallest absolute Gasteiger partial charge is 0.303 e. The van der Waals surface area contributed by atoms with Gasteiger partial charge in [0.15, 0.2) is 5.82 Å². The van der Waals surface area contributed by atoms with Gasteiger partial charge in [0, 0.05) is 43.4 Å². The Morgan fingerprint density at radius 2 is 1.65 bits per heavy atom. The zero-order valence-corrected chi connectivity index (χ0v) is 25.7. The number of carbonyl (C=O) groups is 1. The third-order valence-corrected chi connectivity index (χ3v) is 6.91. The van der Waals surface area contributed by atoms with Gasteiger partial charge in [0.2, 0.25) is 0 Å². The largest absolute Gasteiger partial charge is 0.507 e. The Morgan fingerprint density at radius 3 is 2.20 bits per heavy atom. The van der Waals surface area contributed by atoms with Crippen LogP contribution in [0.1, 0.15) is 109 Å². The van der Waals surface area contributed by atoms with Gasteiger partial charge in [0.25, 0.3) is 0 Å². The summed E-state index contributed by atoms with van der Waals surface area (Å²) in [5, 5.41) is 31.7. The van der Waals surface area contributed by atoms with E-state index in [1.54, 1.807) is 20.3 Å². The number of phenolic OH excluding ortho intramolecular Hbond substituents is 1. The Morgan fingerprint density at radius 1 is 0.925 bits per heavy atom. The maximum atomic E-state index is 10.7. The highest BCUT2D eigenvalue weighted by Gasteiger charge is 2.21. The molecule has 1 aromatic heterocycles. The highest BCUT2D eigenvalue weighted by atomic mass is 16.5. The molecule has 2 rings (SSSR count). The Hall–Kier alpha value is -2.87. The van der Waals surface area contributed by atoms with Crippen molar-refractivity contribution in [3.05, 3.63) is 29.3 Å². The molecule has 0 radical (unpaired) electrons. The quantitative estimate of drug-likeness (QED) is 0.149. The number of ether oxygens (including phenoxy) is 2. The van der Waals surface area contributed by atoms with E-state index >= 15 is 0 Å². The van der Waals surface area contributed by atoms with Crippen molar-refractivity contribution in [2.45, 2.75) is 117 Å². The van der Waals surface area contributed by atoms with Crippen LogP contribution in [-0.2, 0) is 22.4 Å². The summed E-state index contributed by atoms with van der Waals surface area (Å²) in [6, 6.07) is 5.75. The summed E-state index contributed by atoms with van der Waals surface area (Å²) < 4.78 is 10.6. The topological polar surface area (TPSA) is 114 Å². The summed E-state index contributed by atoms with van der Waals surface area (Å²) in [7, 11) is 3.33. The minimum absolute atomic E-state index is 0.158. The van der Waals surface area contributed by atoms with Gasteiger partial charge < -0.3 is 25.0 Å². The fraction of sp³-hybridized carbons (Fsp3) is 0.656. The van der Waals surface area contributed by atoms with Gasteiger partial charge in [-0.05, 0) is 62.6 Å². The highest BCUT2D eigenvalue weighted by molar-refractivity contribution is 5.73. The number of unbranched alkanes of at least 4 members (excludes halogenated alkanes) is 4. The van der Waals surface area contributed by atoms with E-state index in [1.165, 1.54) is 31.2 Å². The number of anilines is 1. The van der Waals surface area contributed by atoms with Crippen molar-refractivity contribution in [1.29, 1.82) is 0 Å². The minimum Gasteiger partial charge on any atom is -0.507 e. The first-order valence-corrected chi connectivity index (χ1v) is 15.1. The standard InChI is InChI=1S/C28H45N3O3.C4H8O2/c1-6-9-11-12-14-21(8-3)29-28-24(15-10-7-2)23(16-13-19-33-4)27(30-31-28)25-18-17-22(34-5)20-26(25)32;1-2-3-4(5)6/h17-18,20-21,32H,6-16,19H2,1-5H3,(H,29,31);2-3H2,1H3,(H,5,6). The van der Waals surface area contributed by atoms with Gasteiger partial charge in [-0.25, -0.2) is 0 Å². The molecule has 0 aliphatic carbocycles. The molecule has 3 N–H and O–H groups in total. The van der Waals surface area contributed by atoms with Crippen LogP contribution >= 0.6 is 0 Å². The van der Waals surface area contributed by atoms with Gasteiger partial charge in [-0.1, -0.05) is 59.8 Å². The summed E-state index contributed by atoms with van der Waals surface area (Å²) in [6.07, 6.45) is 13.1. The number of nitrogens with one attached hydrogen (secondary N) is 1. The zero-order chi connectivity index (χ0) is 29.8. The first kappa shape index (κ1) is 35.2. The van der Waals surface area contributed by atoms with E-state index < -0.39 is 5.97 Å². The number of aromatic hydroxyl groups is 1. The molecule has 0 aliphatic rings. The Balaban J connectivity index is 0.00000120. The molecule has 1 unspecified atom stereocenters. The lowest BCUT2D eigenvalue weighted by Gasteiger charge is -2.23. The summed E-state index contributed by atoms with van der Waals surface area (Å²) in [5.74, 6) is 0.970. The van der Waals surface area contributed by atoms with Gasteiger partial charge in [-0.15, -0.1) is 10.2 Å². The van der Waals surface area contributed by atoms with E-state index in [-0.39, 0.29) is 5.75 Å².